The van der Waals surface area contributed by atoms with Gasteiger partial charge in [0, 0.05) is 0 Å². The maximum atomic E-state index is 13.2. The zero-order valence-electron chi connectivity index (χ0n) is 7.74. The summed E-state index contributed by atoms with van der Waals surface area (Å²) in [5, 5.41) is 2.15. The van der Waals surface area contributed by atoms with Crippen molar-refractivity contribution in [2.75, 3.05) is 9.74 Å². The molecule has 0 heterocycles. The van der Waals surface area contributed by atoms with Crippen molar-refractivity contribution in [3.63, 3.8) is 0 Å². The molecule has 0 unspecified atom stereocenters. The van der Waals surface area contributed by atoms with E-state index in [1.807, 2.05) is 0 Å². The summed E-state index contributed by atoms with van der Waals surface area (Å²) in [6.07, 6.45) is -4.59. The lowest BCUT2D eigenvalue weighted by molar-refractivity contribution is -0.137. The van der Waals surface area contributed by atoms with Crippen LogP contribution in [0.2, 0.25) is 0 Å². The standard InChI is InChI=1S/C9H6F4INO/c10-6-3-5(9(11,12)13)1-2-7(6)15-8(16)4-14/h1-3H,4H2,(H,15,16). The fourth-order valence-corrected chi connectivity index (χ4v) is 1.17. The molecule has 0 atom stereocenters. The second-order valence-corrected chi connectivity index (χ2v) is 3.64. The molecule has 0 aliphatic carbocycles. The Kier molecular flexibility index (Phi) is 4.11. The maximum absolute atomic E-state index is 13.2. The molecule has 1 amide bonds. The number of rotatable bonds is 2. The van der Waals surface area contributed by atoms with Crippen molar-refractivity contribution < 1.29 is 22.4 Å². The van der Waals surface area contributed by atoms with Gasteiger partial charge in [0.1, 0.15) is 5.82 Å². The van der Waals surface area contributed by atoms with Crippen LogP contribution in [-0.2, 0) is 11.0 Å². The van der Waals surface area contributed by atoms with Gasteiger partial charge in [-0.15, -0.1) is 0 Å². The molecule has 0 saturated heterocycles. The minimum atomic E-state index is -4.59. The molecule has 0 radical (unpaired) electrons. The van der Waals surface area contributed by atoms with Gasteiger partial charge in [-0.1, -0.05) is 22.6 Å². The van der Waals surface area contributed by atoms with Gasteiger partial charge >= 0.3 is 6.18 Å². The first-order valence-corrected chi connectivity index (χ1v) is 5.59. The van der Waals surface area contributed by atoms with Crippen molar-refractivity contribution in [2.24, 2.45) is 0 Å². The van der Waals surface area contributed by atoms with Crippen LogP contribution in [0.3, 0.4) is 0 Å². The number of benzene rings is 1. The van der Waals surface area contributed by atoms with Gasteiger partial charge in [0.05, 0.1) is 15.7 Å². The fourth-order valence-electron chi connectivity index (χ4n) is 0.976. The summed E-state index contributed by atoms with van der Waals surface area (Å²) in [5.41, 5.74) is -1.34. The molecule has 1 aromatic carbocycles. The van der Waals surface area contributed by atoms with E-state index in [4.69, 9.17) is 0 Å². The Balaban J connectivity index is 2.96. The Morgan fingerprint density at radius 3 is 2.44 bits per heavy atom. The molecular formula is C9H6F4INO. The summed E-state index contributed by atoms with van der Waals surface area (Å²) in [5.74, 6) is -1.58. The predicted molar refractivity (Wildman–Crippen MR) is 58.9 cm³/mol. The lowest BCUT2D eigenvalue weighted by atomic mass is 10.2. The van der Waals surface area contributed by atoms with Gasteiger partial charge in [-0.3, -0.25) is 4.79 Å². The third-order valence-electron chi connectivity index (χ3n) is 1.69. The highest BCUT2D eigenvalue weighted by Crippen LogP contribution is 2.31. The van der Waals surface area contributed by atoms with Crippen LogP contribution in [0, 0.1) is 5.82 Å². The summed E-state index contributed by atoms with van der Waals surface area (Å²) in [7, 11) is 0. The van der Waals surface area contributed by atoms with Crippen LogP contribution in [0.4, 0.5) is 23.2 Å². The zero-order valence-corrected chi connectivity index (χ0v) is 9.89. The Bertz CT molecular complexity index is 405. The van der Waals surface area contributed by atoms with E-state index in [0.29, 0.717) is 12.1 Å². The van der Waals surface area contributed by atoms with Crippen LogP contribution in [-0.4, -0.2) is 10.3 Å². The summed E-state index contributed by atoms with van der Waals surface area (Å²) < 4.78 is 49.8. The second kappa shape index (κ2) is 4.98. The van der Waals surface area contributed by atoms with Gasteiger partial charge in [-0.2, -0.15) is 13.2 Å². The van der Waals surface area contributed by atoms with Gasteiger partial charge < -0.3 is 5.32 Å². The molecule has 2 nitrogen and oxygen atoms in total. The average Bonchev–Trinajstić information content (AvgIpc) is 2.19. The van der Waals surface area contributed by atoms with Crippen molar-refractivity contribution in [1.82, 2.24) is 0 Å². The highest BCUT2D eigenvalue weighted by molar-refractivity contribution is 14.1. The lowest BCUT2D eigenvalue weighted by Gasteiger charge is -2.09. The van der Waals surface area contributed by atoms with E-state index in [2.05, 4.69) is 5.32 Å². The Hall–Kier alpha value is -0.860. The summed E-state index contributed by atoms with van der Waals surface area (Å²) in [6.45, 7) is 0. The Morgan fingerprint density at radius 1 is 1.38 bits per heavy atom. The highest BCUT2D eigenvalue weighted by Gasteiger charge is 2.31. The number of alkyl halides is 4. The van der Waals surface area contributed by atoms with Crippen molar-refractivity contribution in [3.8, 4) is 0 Å². The number of anilines is 1. The van der Waals surface area contributed by atoms with Crippen LogP contribution in [0.25, 0.3) is 0 Å². The molecule has 16 heavy (non-hydrogen) atoms. The smallest absolute Gasteiger partial charge is 0.323 e. The zero-order chi connectivity index (χ0) is 12.3. The van der Waals surface area contributed by atoms with Crippen molar-refractivity contribution in [2.45, 2.75) is 6.18 Å². The van der Waals surface area contributed by atoms with Crippen LogP contribution in [0.5, 0.6) is 0 Å². The molecule has 1 N–H and O–H groups in total. The van der Waals surface area contributed by atoms with Crippen molar-refractivity contribution in [3.05, 3.63) is 29.6 Å². The number of carbonyl (C=O) groups is 1. The van der Waals surface area contributed by atoms with E-state index in [1.54, 1.807) is 22.6 Å². The molecule has 0 saturated carbocycles. The van der Waals surface area contributed by atoms with Crippen molar-refractivity contribution in [1.29, 1.82) is 0 Å². The van der Waals surface area contributed by atoms with Crippen molar-refractivity contribution >= 4 is 34.2 Å². The highest BCUT2D eigenvalue weighted by atomic mass is 127. The van der Waals surface area contributed by atoms with E-state index in [0.717, 1.165) is 6.07 Å². The first kappa shape index (κ1) is 13.2. The molecule has 0 aliphatic heterocycles. The van der Waals surface area contributed by atoms with Crippen LogP contribution in [0.1, 0.15) is 5.56 Å². The van der Waals surface area contributed by atoms with Crippen LogP contribution in [0.15, 0.2) is 18.2 Å². The van der Waals surface area contributed by atoms with Gasteiger partial charge in [-0.25, -0.2) is 4.39 Å². The molecular weight excluding hydrogens is 341 g/mol. The minimum Gasteiger partial charge on any atom is -0.323 e. The minimum absolute atomic E-state index is 0.0955. The van der Waals surface area contributed by atoms with E-state index < -0.39 is 23.5 Å². The molecule has 0 aromatic heterocycles. The summed E-state index contributed by atoms with van der Waals surface area (Å²) in [6, 6.07) is 1.96. The summed E-state index contributed by atoms with van der Waals surface area (Å²) in [4.78, 5) is 10.9. The Morgan fingerprint density at radius 2 is 2.00 bits per heavy atom. The molecule has 0 aliphatic rings. The van der Waals surface area contributed by atoms with E-state index in [-0.39, 0.29) is 10.1 Å². The monoisotopic (exact) mass is 347 g/mol. The third-order valence-corrected chi connectivity index (χ3v) is 2.38. The molecule has 0 fully saturated rings. The third kappa shape index (κ3) is 3.32. The topological polar surface area (TPSA) is 29.1 Å². The normalized spacial score (nSPS) is 11.3. The van der Waals surface area contributed by atoms with Gasteiger partial charge in [0.25, 0.3) is 0 Å². The second-order valence-electron chi connectivity index (χ2n) is 2.87. The Labute approximate surface area is 102 Å². The van der Waals surface area contributed by atoms with E-state index in [9.17, 15) is 22.4 Å². The SMILES string of the molecule is O=C(CI)Nc1ccc(C(F)(F)F)cc1F. The quantitative estimate of drug-likeness (QED) is 0.497. The van der Waals surface area contributed by atoms with E-state index in [1.165, 1.54) is 0 Å². The van der Waals surface area contributed by atoms with Gasteiger partial charge in [0.15, 0.2) is 0 Å². The molecule has 0 spiro atoms. The maximum Gasteiger partial charge on any atom is 0.416 e. The number of hydrogen-bond acceptors (Lipinski definition) is 1. The number of carbonyl (C=O) groups excluding carboxylic acids is 1. The van der Waals surface area contributed by atoms with Gasteiger partial charge in [-0.05, 0) is 18.2 Å². The number of halogens is 5. The molecule has 88 valence electrons. The van der Waals surface area contributed by atoms with Gasteiger partial charge in [0.2, 0.25) is 5.91 Å². The first-order valence-electron chi connectivity index (χ1n) is 4.07. The largest absolute Gasteiger partial charge is 0.416 e. The first-order chi connectivity index (χ1) is 7.34. The number of hydrogen-bond donors (Lipinski definition) is 1. The average molecular weight is 347 g/mol. The predicted octanol–water partition coefficient (Wildman–Crippen LogP) is 3.22. The van der Waals surface area contributed by atoms with Crippen LogP contribution < -0.4 is 5.32 Å². The molecule has 1 aromatic rings. The lowest BCUT2D eigenvalue weighted by Crippen LogP contribution is -2.14. The molecule has 7 heteroatoms. The molecule has 1 rings (SSSR count). The fraction of sp³-hybridized carbons (Fsp3) is 0.222. The van der Waals surface area contributed by atoms with Crippen LogP contribution >= 0.6 is 22.6 Å². The number of nitrogens with one attached hydrogen (secondary N) is 1. The number of amides is 1. The summed E-state index contributed by atoms with van der Waals surface area (Å²) >= 11 is 1.76. The molecule has 0 bridgehead atoms. The van der Waals surface area contributed by atoms with E-state index >= 15 is 0 Å².